The molecule has 0 aromatic carbocycles. The summed E-state index contributed by atoms with van der Waals surface area (Å²) in [5, 5.41) is 0. The van der Waals surface area contributed by atoms with Gasteiger partial charge < -0.3 is 4.90 Å². The van der Waals surface area contributed by atoms with E-state index in [1.807, 2.05) is 17.2 Å². The third kappa shape index (κ3) is 3.53. The third-order valence-corrected chi connectivity index (χ3v) is 3.82. The van der Waals surface area contributed by atoms with Gasteiger partial charge in [-0.2, -0.15) is 0 Å². The van der Waals surface area contributed by atoms with E-state index in [0.29, 0.717) is 5.92 Å². The second-order valence-corrected chi connectivity index (χ2v) is 5.54. The lowest BCUT2D eigenvalue weighted by Gasteiger charge is -2.31. The van der Waals surface area contributed by atoms with Crippen molar-refractivity contribution in [2.75, 3.05) is 13.1 Å². The van der Waals surface area contributed by atoms with Crippen LogP contribution < -0.4 is 0 Å². The Bertz CT molecular complexity index is 383. The monoisotopic (exact) mass is 296 g/mol. The van der Waals surface area contributed by atoms with E-state index in [-0.39, 0.29) is 5.91 Å². The quantitative estimate of drug-likeness (QED) is 0.841. The molecule has 0 unspecified atom stereocenters. The average Bonchev–Trinajstić information content (AvgIpc) is 2.33. The Morgan fingerprint density at radius 2 is 2.18 bits per heavy atom. The normalized spacial score (nSPS) is 17.2. The number of aromatic nitrogens is 1. The highest BCUT2D eigenvalue weighted by Crippen LogP contribution is 2.21. The van der Waals surface area contributed by atoms with Crippen LogP contribution in [0.4, 0.5) is 0 Å². The van der Waals surface area contributed by atoms with Gasteiger partial charge >= 0.3 is 0 Å². The summed E-state index contributed by atoms with van der Waals surface area (Å²) in [5.41, 5.74) is 1.15. The number of carbonyl (C=O) groups is 1. The fraction of sp³-hybridized carbons (Fsp3) is 0.538. The second-order valence-electron chi connectivity index (χ2n) is 4.62. The molecule has 0 bridgehead atoms. The molecule has 1 amide bonds. The Morgan fingerprint density at radius 3 is 2.71 bits per heavy atom. The summed E-state index contributed by atoms with van der Waals surface area (Å²) in [6.07, 6.45) is 5.06. The molecule has 1 aliphatic heterocycles. The molecule has 0 aliphatic carbocycles. The van der Waals surface area contributed by atoms with Crippen molar-refractivity contribution in [2.45, 2.75) is 26.2 Å². The van der Waals surface area contributed by atoms with E-state index in [1.165, 1.54) is 0 Å². The number of pyridine rings is 1. The molecular weight excluding hydrogens is 280 g/mol. The molecule has 0 atom stereocenters. The number of hydrogen-bond acceptors (Lipinski definition) is 2. The highest BCUT2D eigenvalue weighted by atomic mass is 79.9. The number of carbonyl (C=O) groups excluding carboxylic acids is 1. The van der Waals surface area contributed by atoms with Gasteiger partial charge in [-0.15, -0.1) is 0 Å². The highest BCUT2D eigenvalue weighted by molar-refractivity contribution is 9.10. The van der Waals surface area contributed by atoms with Crippen LogP contribution in [0.2, 0.25) is 0 Å². The standard InChI is InChI=1S/C13H17BrN2O/c1-10(17)16-6-4-11(5-7-16)8-13-3-2-12(14)9-15-13/h2-3,9,11H,4-8H2,1H3. The SMILES string of the molecule is CC(=O)N1CCC(Cc2ccc(Br)cn2)CC1. The van der Waals surface area contributed by atoms with Crippen LogP contribution in [0, 0.1) is 5.92 Å². The molecule has 1 aromatic rings. The number of halogens is 1. The number of rotatable bonds is 2. The summed E-state index contributed by atoms with van der Waals surface area (Å²) in [4.78, 5) is 17.5. The number of likely N-dealkylation sites (tertiary alicyclic amines) is 1. The van der Waals surface area contributed by atoms with Gasteiger partial charge in [0.15, 0.2) is 0 Å². The third-order valence-electron chi connectivity index (χ3n) is 3.35. The van der Waals surface area contributed by atoms with E-state index in [0.717, 1.165) is 42.5 Å². The lowest BCUT2D eigenvalue weighted by atomic mass is 9.92. The maximum atomic E-state index is 11.2. The Balaban J connectivity index is 1.85. The molecule has 2 heterocycles. The van der Waals surface area contributed by atoms with Gasteiger partial charge in [-0.1, -0.05) is 0 Å². The minimum absolute atomic E-state index is 0.199. The van der Waals surface area contributed by atoms with E-state index >= 15 is 0 Å². The zero-order valence-electron chi connectivity index (χ0n) is 10.0. The number of nitrogens with zero attached hydrogens (tertiary/aromatic N) is 2. The largest absolute Gasteiger partial charge is 0.343 e. The van der Waals surface area contributed by atoms with E-state index in [1.54, 1.807) is 6.92 Å². The summed E-state index contributed by atoms with van der Waals surface area (Å²) in [7, 11) is 0. The first-order valence-electron chi connectivity index (χ1n) is 6.01. The van der Waals surface area contributed by atoms with Gasteiger partial charge in [0.2, 0.25) is 5.91 Å². The average molecular weight is 297 g/mol. The van der Waals surface area contributed by atoms with Crippen molar-refractivity contribution < 1.29 is 4.79 Å². The van der Waals surface area contributed by atoms with Gasteiger partial charge in [0.25, 0.3) is 0 Å². The van der Waals surface area contributed by atoms with Crippen molar-refractivity contribution in [3.05, 3.63) is 28.5 Å². The van der Waals surface area contributed by atoms with Crippen LogP contribution >= 0.6 is 15.9 Å². The molecule has 1 saturated heterocycles. The van der Waals surface area contributed by atoms with E-state index in [2.05, 4.69) is 27.0 Å². The van der Waals surface area contributed by atoms with Gasteiger partial charge in [-0.25, -0.2) is 0 Å². The van der Waals surface area contributed by atoms with Gasteiger partial charge in [-0.05, 0) is 53.2 Å². The number of hydrogen-bond donors (Lipinski definition) is 0. The Hall–Kier alpha value is -0.900. The van der Waals surface area contributed by atoms with Gasteiger partial charge in [0, 0.05) is 36.4 Å². The molecule has 0 radical (unpaired) electrons. The van der Waals surface area contributed by atoms with Crippen molar-refractivity contribution in [1.82, 2.24) is 9.88 Å². The lowest BCUT2D eigenvalue weighted by molar-refractivity contribution is -0.130. The summed E-state index contributed by atoms with van der Waals surface area (Å²) in [6.45, 7) is 3.45. The Morgan fingerprint density at radius 1 is 1.47 bits per heavy atom. The molecule has 1 aromatic heterocycles. The predicted molar refractivity (Wildman–Crippen MR) is 70.6 cm³/mol. The molecule has 0 spiro atoms. The van der Waals surface area contributed by atoms with Crippen LogP contribution in [0.25, 0.3) is 0 Å². The van der Waals surface area contributed by atoms with Crippen molar-refractivity contribution in [1.29, 1.82) is 0 Å². The highest BCUT2D eigenvalue weighted by Gasteiger charge is 2.20. The first-order valence-corrected chi connectivity index (χ1v) is 6.80. The Kier molecular flexibility index (Phi) is 4.15. The van der Waals surface area contributed by atoms with E-state index < -0.39 is 0 Å². The molecule has 92 valence electrons. The van der Waals surface area contributed by atoms with Crippen LogP contribution in [0.1, 0.15) is 25.5 Å². The molecule has 17 heavy (non-hydrogen) atoms. The van der Waals surface area contributed by atoms with E-state index in [4.69, 9.17) is 0 Å². The van der Waals surface area contributed by atoms with Crippen molar-refractivity contribution >= 4 is 21.8 Å². The van der Waals surface area contributed by atoms with Crippen molar-refractivity contribution in [3.8, 4) is 0 Å². The van der Waals surface area contributed by atoms with Crippen molar-refractivity contribution in [3.63, 3.8) is 0 Å². The number of amides is 1. The maximum Gasteiger partial charge on any atom is 0.219 e. The minimum atomic E-state index is 0.199. The van der Waals surface area contributed by atoms with Gasteiger partial charge in [0.1, 0.15) is 0 Å². The fourth-order valence-electron chi connectivity index (χ4n) is 2.27. The van der Waals surface area contributed by atoms with Crippen LogP contribution in [0.3, 0.4) is 0 Å². The maximum absolute atomic E-state index is 11.2. The second kappa shape index (κ2) is 5.63. The smallest absolute Gasteiger partial charge is 0.219 e. The van der Waals surface area contributed by atoms with Gasteiger partial charge in [-0.3, -0.25) is 9.78 Å². The lowest BCUT2D eigenvalue weighted by Crippen LogP contribution is -2.37. The summed E-state index contributed by atoms with van der Waals surface area (Å²) in [5.74, 6) is 0.865. The number of piperidine rings is 1. The molecule has 3 nitrogen and oxygen atoms in total. The van der Waals surface area contributed by atoms with Crippen LogP contribution in [-0.4, -0.2) is 28.9 Å². The Labute approximate surface area is 110 Å². The topological polar surface area (TPSA) is 33.2 Å². The van der Waals surface area contributed by atoms with Crippen LogP contribution in [0.5, 0.6) is 0 Å². The first kappa shape index (κ1) is 12.6. The van der Waals surface area contributed by atoms with Crippen LogP contribution in [-0.2, 0) is 11.2 Å². The molecular formula is C13H17BrN2O. The minimum Gasteiger partial charge on any atom is -0.343 e. The molecule has 2 rings (SSSR count). The summed E-state index contributed by atoms with van der Waals surface area (Å²) >= 11 is 3.39. The zero-order chi connectivity index (χ0) is 12.3. The summed E-state index contributed by atoms with van der Waals surface area (Å²) in [6, 6.07) is 4.11. The first-order chi connectivity index (χ1) is 8.15. The molecule has 1 fully saturated rings. The van der Waals surface area contributed by atoms with E-state index in [9.17, 15) is 4.79 Å². The summed E-state index contributed by atoms with van der Waals surface area (Å²) < 4.78 is 1.02. The van der Waals surface area contributed by atoms with Crippen LogP contribution in [0.15, 0.2) is 22.8 Å². The predicted octanol–water partition coefficient (Wildman–Crippen LogP) is 2.65. The molecule has 0 saturated carbocycles. The molecule has 4 heteroatoms. The van der Waals surface area contributed by atoms with Gasteiger partial charge in [0.05, 0.1) is 0 Å². The molecule has 1 aliphatic rings. The fourth-order valence-corrected chi connectivity index (χ4v) is 2.51. The zero-order valence-corrected chi connectivity index (χ0v) is 11.6. The molecule has 0 N–H and O–H groups in total. The van der Waals surface area contributed by atoms with Crippen molar-refractivity contribution in [2.24, 2.45) is 5.92 Å².